The van der Waals surface area contributed by atoms with Gasteiger partial charge in [-0.2, -0.15) is 0 Å². The average Bonchev–Trinajstić information content (AvgIpc) is 2.77. The van der Waals surface area contributed by atoms with Gasteiger partial charge in [0.25, 0.3) is 0 Å². The molecule has 0 aliphatic heterocycles. The smallest absolute Gasteiger partial charge is 0.142 e. The highest BCUT2D eigenvalue weighted by atomic mass is 35.5. The first-order chi connectivity index (χ1) is 8.22. The number of benzene rings is 1. The van der Waals surface area contributed by atoms with Crippen LogP contribution in [0.3, 0.4) is 0 Å². The maximum Gasteiger partial charge on any atom is 0.142 e. The van der Waals surface area contributed by atoms with Crippen molar-refractivity contribution in [3.05, 3.63) is 23.2 Å². The standard InChI is InChI=1S/C14H20ClNO/c1-3-10-4-6-12(8-10)16-13-9-11(15)5-7-14(13)17-2/h5,7,9-10,12,16H,3-4,6,8H2,1-2H3. The number of anilines is 1. The highest BCUT2D eigenvalue weighted by Crippen LogP contribution is 2.34. The van der Waals surface area contributed by atoms with Gasteiger partial charge < -0.3 is 10.1 Å². The maximum atomic E-state index is 6.02. The van der Waals surface area contributed by atoms with Gasteiger partial charge in [0.1, 0.15) is 5.75 Å². The van der Waals surface area contributed by atoms with Crippen LogP contribution in [0, 0.1) is 5.92 Å². The van der Waals surface area contributed by atoms with Crippen molar-refractivity contribution in [1.82, 2.24) is 0 Å². The van der Waals surface area contributed by atoms with Gasteiger partial charge in [0.15, 0.2) is 0 Å². The summed E-state index contributed by atoms with van der Waals surface area (Å²) in [6.07, 6.45) is 5.11. The van der Waals surface area contributed by atoms with Crippen LogP contribution in [-0.2, 0) is 0 Å². The molecule has 0 saturated heterocycles. The maximum absolute atomic E-state index is 6.02. The van der Waals surface area contributed by atoms with Gasteiger partial charge in [0, 0.05) is 11.1 Å². The molecule has 1 aromatic carbocycles. The zero-order valence-electron chi connectivity index (χ0n) is 10.5. The van der Waals surface area contributed by atoms with Crippen LogP contribution in [0.15, 0.2) is 18.2 Å². The van der Waals surface area contributed by atoms with Crippen LogP contribution >= 0.6 is 11.6 Å². The molecule has 1 N–H and O–H groups in total. The lowest BCUT2D eigenvalue weighted by molar-refractivity contribution is 0.416. The SMILES string of the molecule is CCC1CCC(Nc2cc(Cl)ccc2OC)C1. The second kappa shape index (κ2) is 5.63. The Morgan fingerprint density at radius 3 is 2.88 bits per heavy atom. The molecule has 2 atom stereocenters. The Kier molecular flexibility index (Phi) is 4.16. The van der Waals surface area contributed by atoms with Crippen molar-refractivity contribution >= 4 is 17.3 Å². The molecule has 0 amide bonds. The molecule has 1 aliphatic rings. The number of ether oxygens (including phenoxy) is 1. The molecule has 2 nitrogen and oxygen atoms in total. The van der Waals surface area contributed by atoms with Gasteiger partial charge >= 0.3 is 0 Å². The molecule has 0 radical (unpaired) electrons. The Morgan fingerprint density at radius 2 is 2.24 bits per heavy atom. The third-order valence-electron chi connectivity index (χ3n) is 3.64. The Morgan fingerprint density at radius 1 is 1.41 bits per heavy atom. The summed E-state index contributed by atoms with van der Waals surface area (Å²) in [5.41, 5.74) is 1.02. The summed E-state index contributed by atoms with van der Waals surface area (Å²) in [6.45, 7) is 2.27. The topological polar surface area (TPSA) is 21.3 Å². The molecule has 17 heavy (non-hydrogen) atoms. The fourth-order valence-corrected chi connectivity index (χ4v) is 2.76. The first-order valence-corrected chi connectivity index (χ1v) is 6.70. The van der Waals surface area contributed by atoms with E-state index in [1.54, 1.807) is 7.11 Å². The minimum atomic E-state index is 0.562. The number of nitrogens with one attached hydrogen (secondary N) is 1. The third-order valence-corrected chi connectivity index (χ3v) is 3.87. The molecule has 0 aromatic heterocycles. The minimum absolute atomic E-state index is 0.562. The normalized spacial score (nSPS) is 23.7. The van der Waals surface area contributed by atoms with Gasteiger partial charge in [-0.3, -0.25) is 0 Å². The predicted octanol–water partition coefficient (Wildman–Crippen LogP) is 4.34. The summed E-state index contributed by atoms with van der Waals surface area (Å²) in [4.78, 5) is 0. The zero-order chi connectivity index (χ0) is 12.3. The summed E-state index contributed by atoms with van der Waals surface area (Å²) in [7, 11) is 1.69. The van der Waals surface area contributed by atoms with Crippen molar-refractivity contribution in [3.8, 4) is 5.75 Å². The van der Waals surface area contributed by atoms with Crippen LogP contribution in [0.2, 0.25) is 5.02 Å². The van der Waals surface area contributed by atoms with Crippen molar-refractivity contribution in [2.45, 2.75) is 38.6 Å². The van der Waals surface area contributed by atoms with Gasteiger partial charge in [-0.25, -0.2) is 0 Å². The Balaban J connectivity index is 2.05. The van der Waals surface area contributed by atoms with Crippen LogP contribution in [0.1, 0.15) is 32.6 Å². The van der Waals surface area contributed by atoms with Gasteiger partial charge in [0.2, 0.25) is 0 Å². The average molecular weight is 254 g/mol. The molecule has 0 bridgehead atoms. The van der Waals surface area contributed by atoms with Gasteiger partial charge in [-0.1, -0.05) is 24.9 Å². The first-order valence-electron chi connectivity index (χ1n) is 6.33. The van der Waals surface area contributed by atoms with Crippen LogP contribution in [0.4, 0.5) is 5.69 Å². The third kappa shape index (κ3) is 3.06. The lowest BCUT2D eigenvalue weighted by Crippen LogP contribution is -2.16. The van der Waals surface area contributed by atoms with Crippen LogP contribution < -0.4 is 10.1 Å². The number of halogens is 1. The summed E-state index contributed by atoms with van der Waals surface area (Å²) in [5, 5.41) is 4.30. The highest BCUT2D eigenvalue weighted by Gasteiger charge is 2.23. The Labute approximate surface area is 108 Å². The number of rotatable bonds is 4. The van der Waals surface area contributed by atoms with E-state index in [0.717, 1.165) is 22.4 Å². The number of hydrogen-bond donors (Lipinski definition) is 1. The zero-order valence-corrected chi connectivity index (χ0v) is 11.3. The monoisotopic (exact) mass is 253 g/mol. The van der Waals surface area contributed by atoms with E-state index < -0.39 is 0 Å². The molecule has 1 aliphatic carbocycles. The molecule has 1 fully saturated rings. The van der Waals surface area contributed by atoms with Crippen molar-refractivity contribution in [1.29, 1.82) is 0 Å². The number of hydrogen-bond acceptors (Lipinski definition) is 2. The fourth-order valence-electron chi connectivity index (χ4n) is 2.59. The lowest BCUT2D eigenvalue weighted by atomic mass is 10.1. The van der Waals surface area contributed by atoms with Gasteiger partial charge in [0.05, 0.1) is 12.8 Å². The minimum Gasteiger partial charge on any atom is -0.495 e. The van der Waals surface area contributed by atoms with Crippen molar-refractivity contribution in [2.24, 2.45) is 5.92 Å². The van der Waals surface area contributed by atoms with Gasteiger partial charge in [-0.05, 0) is 43.4 Å². The molecule has 2 unspecified atom stereocenters. The lowest BCUT2D eigenvalue weighted by Gasteiger charge is -2.17. The quantitative estimate of drug-likeness (QED) is 0.862. The van der Waals surface area contributed by atoms with E-state index >= 15 is 0 Å². The van der Waals surface area contributed by atoms with Crippen molar-refractivity contribution in [3.63, 3.8) is 0 Å². The molecule has 1 aromatic rings. The van der Waals surface area contributed by atoms with Gasteiger partial charge in [-0.15, -0.1) is 0 Å². The molecule has 0 spiro atoms. The summed E-state index contributed by atoms with van der Waals surface area (Å²) in [5.74, 6) is 1.74. The van der Waals surface area contributed by atoms with E-state index in [4.69, 9.17) is 16.3 Å². The van der Waals surface area contributed by atoms with E-state index in [2.05, 4.69) is 12.2 Å². The first kappa shape index (κ1) is 12.6. The largest absolute Gasteiger partial charge is 0.495 e. The summed E-state index contributed by atoms with van der Waals surface area (Å²) >= 11 is 6.02. The van der Waals surface area contributed by atoms with E-state index in [0.29, 0.717) is 6.04 Å². The van der Waals surface area contributed by atoms with Crippen molar-refractivity contribution in [2.75, 3.05) is 12.4 Å². The van der Waals surface area contributed by atoms with E-state index in [9.17, 15) is 0 Å². The van der Waals surface area contributed by atoms with E-state index in [1.807, 2.05) is 18.2 Å². The highest BCUT2D eigenvalue weighted by molar-refractivity contribution is 6.30. The fraction of sp³-hybridized carbons (Fsp3) is 0.571. The predicted molar refractivity (Wildman–Crippen MR) is 73.0 cm³/mol. The van der Waals surface area contributed by atoms with E-state index in [-0.39, 0.29) is 0 Å². The summed E-state index contributed by atoms with van der Waals surface area (Å²) in [6, 6.07) is 6.28. The van der Waals surface area contributed by atoms with Crippen LogP contribution in [0.5, 0.6) is 5.75 Å². The second-order valence-corrected chi connectivity index (χ2v) is 5.21. The molecule has 0 heterocycles. The summed E-state index contributed by atoms with van der Waals surface area (Å²) < 4.78 is 5.34. The molecule has 3 heteroatoms. The second-order valence-electron chi connectivity index (χ2n) is 4.77. The Bertz CT molecular complexity index is 380. The molecular formula is C14H20ClNO. The van der Waals surface area contributed by atoms with Crippen LogP contribution in [0.25, 0.3) is 0 Å². The number of methoxy groups -OCH3 is 1. The Hall–Kier alpha value is -0.890. The van der Waals surface area contributed by atoms with Crippen LogP contribution in [-0.4, -0.2) is 13.2 Å². The molecule has 94 valence electrons. The molecular weight excluding hydrogens is 234 g/mol. The molecule has 2 rings (SSSR count). The van der Waals surface area contributed by atoms with E-state index in [1.165, 1.54) is 25.7 Å². The molecule has 1 saturated carbocycles. The van der Waals surface area contributed by atoms with Crippen molar-refractivity contribution < 1.29 is 4.74 Å².